The van der Waals surface area contributed by atoms with Gasteiger partial charge in [-0.2, -0.15) is 0 Å². The molecular weight excluding hydrogens is 344 g/mol. The van der Waals surface area contributed by atoms with Crippen LogP contribution < -0.4 is 4.74 Å². The number of carbonyl (C=O) groups excluding carboxylic acids is 1. The molecule has 0 aliphatic carbocycles. The second-order valence-corrected chi connectivity index (χ2v) is 5.68. The van der Waals surface area contributed by atoms with Crippen molar-refractivity contribution in [2.75, 3.05) is 14.1 Å². The van der Waals surface area contributed by atoms with E-state index in [0.717, 1.165) is 0 Å². The normalized spacial score (nSPS) is 13.4. The van der Waals surface area contributed by atoms with Gasteiger partial charge in [0.15, 0.2) is 6.10 Å². The van der Waals surface area contributed by atoms with Crippen LogP contribution in [0.2, 0.25) is 0 Å². The average molecular weight is 361 g/mol. The number of aliphatic hydroxyl groups excluding tert-OH is 1. The molecule has 7 nitrogen and oxygen atoms in total. The zero-order valence-electron chi connectivity index (χ0n) is 12.2. The van der Waals surface area contributed by atoms with Crippen LogP contribution in [0.15, 0.2) is 16.6 Å². The molecule has 0 aliphatic rings. The van der Waals surface area contributed by atoms with Crippen LogP contribution in [0.4, 0.5) is 5.69 Å². The van der Waals surface area contributed by atoms with Crippen molar-refractivity contribution in [1.29, 1.82) is 0 Å². The van der Waals surface area contributed by atoms with E-state index in [4.69, 9.17) is 4.74 Å². The summed E-state index contributed by atoms with van der Waals surface area (Å²) in [6.07, 6.45) is -1.88. The van der Waals surface area contributed by atoms with Crippen LogP contribution in [0.25, 0.3) is 0 Å². The second kappa shape index (κ2) is 6.86. The number of likely N-dealkylation sites (N-methyl/N-ethyl adjacent to an activating group) is 1. The van der Waals surface area contributed by atoms with Crippen LogP contribution >= 0.6 is 15.9 Å². The smallest absolute Gasteiger partial charge is 0.312 e. The summed E-state index contributed by atoms with van der Waals surface area (Å²) in [5.74, 6) is -0.426. The Labute approximate surface area is 130 Å². The van der Waals surface area contributed by atoms with E-state index < -0.39 is 17.1 Å². The summed E-state index contributed by atoms with van der Waals surface area (Å²) in [6.45, 7) is 2.97. The topological polar surface area (TPSA) is 92.9 Å². The molecule has 2 unspecified atom stereocenters. The van der Waals surface area contributed by atoms with E-state index in [1.165, 1.54) is 30.9 Å². The molecule has 21 heavy (non-hydrogen) atoms. The molecule has 1 N–H and O–H groups in total. The number of nitro groups is 1. The SMILES string of the molecule is CC(Oc1c(C(C)O)cc(Br)cc1[N+](=O)[O-])C(=O)N(C)C. The number of benzene rings is 1. The standard InChI is InChI=1S/C13H17BrN2O5/c1-7(17)10-5-9(14)6-11(16(19)20)12(10)21-8(2)13(18)15(3)4/h5-8,17H,1-4H3. The molecule has 1 rings (SSSR count). The Morgan fingerprint density at radius 2 is 2.00 bits per heavy atom. The monoisotopic (exact) mass is 360 g/mol. The number of nitro benzene ring substituents is 1. The number of nitrogens with zero attached hydrogens (tertiary/aromatic N) is 2. The minimum absolute atomic E-state index is 0.0964. The molecule has 116 valence electrons. The number of hydrogen-bond donors (Lipinski definition) is 1. The van der Waals surface area contributed by atoms with Crippen molar-refractivity contribution in [3.8, 4) is 5.75 Å². The maximum Gasteiger partial charge on any atom is 0.312 e. The van der Waals surface area contributed by atoms with Gasteiger partial charge in [0.25, 0.3) is 5.91 Å². The lowest BCUT2D eigenvalue weighted by Gasteiger charge is -2.20. The zero-order chi connectivity index (χ0) is 16.3. The van der Waals surface area contributed by atoms with Gasteiger partial charge in [-0.15, -0.1) is 0 Å². The third-order valence-electron chi connectivity index (χ3n) is 2.79. The minimum atomic E-state index is -0.974. The molecule has 0 radical (unpaired) electrons. The van der Waals surface area contributed by atoms with Gasteiger partial charge in [0, 0.05) is 30.2 Å². The summed E-state index contributed by atoms with van der Waals surface area (Å²) in [5, 5.41) is 20.9. The van der Waals surface area contributed by atoms with Crippen molar-refractivity contribution in [3.05, 3.63) is 32.3 Å². The first-order chi connectivity index (χ1) is 9.65. The number of hydrogen-bond acceptors (Lipinski definition) is 5. The molecule has 1 aromatic carbocycles. The molecule has 2 atom stereocenters. The van der Waals surface area contributed by atoms with Crippen LogP contribution in [0, 0.1) is 10.1 Å². The van der Waals surface area contributed by atoms with E-state index in [1.54, 1.807) is 14.1 Å². The maximum atomic E-state index is 11.8. The number of rotatable bonds is 5. The summed E-state index contributed by atoms with van der Waals surface area (Å²) < 4.78 is 5.91. The van der Waals surface area contributed by atoms with E-state index in [9.17, 15) is 20.0 Å². The summed E-state index contributed by atoms with van der Waals surface area (Å²) in [7, 11) is 3.13. The molecule has 0 heterocycles. The highest BCUT2D eigenvalue weighted by Crippen LogP contribution is 2.38. The third kappa shape index (κ3) is 4.15. The van der Waals surface area contributed by atoms with Crippen LogP contribution in [0.5, 0.6) is 5.75 Å². The van der Waals surface area contributed by atoms with Crippen molar-refractivity contribution in [1.82, 2.24) is 4.90 Å². The summed E-state index contributed by atoms with van der Waals surface area (Å²) in [4.78, 5) is 23.7. The fraction of sp³-hybridized carbons (Fsp3) is 0.462. The van der Waals surface area contributed by atoms with Crippen LogP contribution in [-0.2, 0) is 4.79 Å². The van der Waals surface area contributed by atoms with Gasteiger partial charge in [-0.3, -0.25) is 14.9 Å². The molecule has 0 aliphatic heterocycles. The lowest BCUT2D eigenvalue weighted by Crippen LogP contribution is -2.35. The van der Waals surface area contributed by atoms with Gasteiger partial charge in [-0.1, -0.05) is 15.9 Å². The second-order valence-electron chi connectivity index (χ2n) is 4.77. The number of aliphatic hydroxyl groups is 1. The predicted octanol–water partition coefficient (Wildman–Crippen LogP) is 2.27. The Bertz CT molecular complexity index is 560. The Hall–Kier alpha value is -1.67. The maximum absolute atomic E-state index is 11.8. The lowest BCUT2D eigenvalue weighted by molar-refractivity contribution is -0.386. The third-order valence-corrected chi connectivity index (χ3v) is 3.25. The van der Waals surface area contributed by atoms with Crippen LogP contribution in [-0.4, -0.2) is 41.0 Å². The van der Waals surface area contributed by atoms with Crippen molar-refractivity contribution in [2.24, 2.45) is 0 Å². The van der Waals surface area contributed by atoms with Gasteiger partial charge in [0.2, 0.25) is 5.75 Å². The highest BCUT2D eigenvalue weighted by Gasteiger charge is 2.27. The molecule has 0 aromatic heterocycles. The van der Waals surface area contributed by atoms with Gasteiger partial charge < -0.3 is 14.7 Å². The summed E-state index contributed by atoms with van der Waals surface area (Å²) >= 11 is 3.16. The Morgan fingerprint density at radius 3 is 2.43 bits per heavy atom. The first-order valence-corrected chi connectivity index (χ1v) is 6.98. The Morgan fingerprint density at radius 1 is 1.43 bits per heavy atom. The van der Waals surface area contributed by atoms with E-state index in [2.05, 4.69) is 15.9 Å². The Kier molecular flexibility index (Phi) is 5.68. The quantitative estimate of drug-likeness (QED) is 0.642. The van der Waals surface area contributed by atoms with Crippen molar-refractivity contribution in [3.63, 3.8) is 0 Å². The van der Waals surface area contributed by atoms with Crippen molar-refractivity contribution >= 4 is 27.5 Å². The van der Waals surface area contributed by atoms with E-state index >= 15 is 0 Å². The van der Waals surface area contributed by atoms with Crippen LogP contribution in [0.3, 0.4) is 0 Å². The highest BCUT2D eigenvalue weighted by molar-refractivity contribution is 9.10. The van der Waals surface area contributed by atoms with Gasteiger partial charge in [-0.05, 0) is 19.9 Å². The average Bonchev–Trinajstić information content (AvgIpc) is 2.38. The first kappa shape index (κ1) is 17.4. The molecule has 1 aromatic rings. The van der Waals surface area contributed by atoms with Gasteiger partial charge in [-0.25, -0.2) is 0 Å². The number of ether oxygens (including phenoxy) is 1. The number of amides is 1. The molecular formula is C13H17BrN2O5. The molecule has 0 spiro atoms. The van der Waals surface area contributed by atoms with Gasteiger partial charge >= 0.3 is 5.69 Å². The summed E-state index contributed by atoms with van der Waals surface area (Å²) in [6, 6.07) is 2.80. The van der Waals surface area contributed by atoms with Crippen molar-refractivity contribution < 1.29 is 19.6 Å². The zero-order valence-corrected chi connectivity index (χ0v) is 13.7. The fourth-order valence-electron chi connectivity index (χ4n) is 1.76. The number of carbonyl (C=O) groups is 1. The van der Waals surface area contributed by atoms with Crippen LogP contribution in [0.1, 0.15) is 25.5 Å². The Balaban J connectivity index is 3.32. The van der Waals surface area contributed by atoms with E-state index in [0.29, 0.717) is 4.47 Å². The predicted molar refractivity (Wildman–Crippen MR) is 80.2 cm³/mol. The van der Waals surface area contributed by atoms with Gasteiger partial charge in [0.05, 0.1) is 11.0 Å². The molecule has 8 heteroatoms. The van der Waals surface area contributed by atoms with E-state index in [-0.39, 0.29) is 22.9 Å². The first-order valence-electron chi connectivity index (χ1n) is 6.18. The highest BCUT2D eigenvalue weighted by atomic mass is 79.9. The van der Waals surface area contributed by atoms with Gasteiger partial charge in [0.1, 0.15) is 0 Å². The lowest BCUT2D eigenvalue weighted by atomic mass is 10.1. The minimum Gasteiger partial charge on any atom is -0.473 e. The fourth-order valence-corrected chi connectivity index (χ4v) is 2.23. The largest absolute Gasteiger partial charge is 0.473 e. The van der Waals surface area contributed by atoms with E-state index in [1.807, 2.05) is 0 Å². The molecule has 0 saturated heterocycles. The number of halogens is 1. The van der Waals surface area contributed by atoms with Crippen molar-refractivity contribution in [2.45, 2.75) is 26.1 Å². The molecule has 0 fully saturated rings. The summed E-state index contributed by atoms with van der Waals surface area (Å²) in [5.41, 5.74) is -0.0619. The molecule has 0 saturated carbocycles. The molecule has 1 amide bonds. The molecule has 0 bridgehead atoms.